The van der Waals surface area contributed by atoms with Gasteiger partial charge in [-0.2, -0.15) is 0 Å². The number of hydrogen-bond donors (Lipinski definition) is 1. The van der Waals surface area contributed by atoms with Gasteiger partial charge < -0.3 is 5.11 Å². The van der Waals surface area contributed by atoms with E-state index in [1.54, 1.807) is 6.20 Å². The van der Waals surface area contributed by atoms with Gasteiger partial charge >= 0.3 is 0 Å². The van der Waals surface area contributed by atoms with Gasteiger partial charge in [0.2, 0.25) is 0 Å². The Morgan fingerprint density at radius 1 is 1.50 bits per heavy atom. The number of nitrogens with zero attached hydrogens (tertiary/aromatic N) is 1. The molecular formula is C10H15NO3S2. The third-order valence-corrected chi connectivity index (χ3v) is 6.15. The number of aromatic nitrogens is 1. The summed E-state index contributed by atoms with van der Waals surface area (Å²) in [6, 6.07) is 0. The molecule has 0 aliphatic carbocycles. The van der Waals surface area contributed by atoms with Crippen molar-refractivity contribution in [3.05, 3.63) is 16.1 Å². The van der Waals surface area contributed by atoms with Gasteiger partial charge in [-0.1, -0.05) is 6.42 Å². The fourth-order valence-corrected chi connectivity index (χ4v) is 4.81. The Labute approximate surface area is 99.3 Å². The lowest BCUT2D eigenvalue weighted by molar-refractivity contribution is 0.285. The first kappa shape index (κ1) is 12.0. The van der Waals surface area contributed by atoms with E-state index in [1.165, 1.54) is 11.3 Å². The van der Waals surface area contributed by atoms with Crippen LogP contribution in [-0.2, 0) is 22.9 Å². The molecule has 1 aliphatic heterocycles. The lowest BCUT2D eigenvalue weighted by atomic mass is 10.1. The molecule has 1 aromatic rings. The van der Waals surface area contributed by atoms with Gasteiger partial charge in [-0.3, -0.25) is 0 Å². The zero-order chi connectivity index (χ0) is 11.6. The maximum atomic E-state index is 11.8. The van der Waals surface area contributed by atoms with Crippen LogP contribution in [0.4, 0.5) is 0 Å². The Hall–Kier alpha value is -0.460. The Morgan fingerprint density at radius 3 is 2.94 bits per heavy atom. The molecule has 90 valence electrons. The van der Waals surface area contributed by atoms with Crippen LogP contribution in [0.2, 0.25) is 0 Å². The van der Waals surface area contributed by atoms with Gasteiger partial charge in [-0.05, 0) is 12.8 Å². The fraction of sp³-hybridized carbons (Fsp3) is 0.700. The molecule has 1 unspecified atom stereocenters. The first-order valence-corrected chi connectivity index (χ1v) is 7.91. The lowest BCUT2D eigenvalue weighted by Gasteiger charge is -2.21. The van der Waals surface area contributed by atoms with E-state index in [4.69, 9.17) is 5.11 Å². The van der Waals surface area contributed by atoms with E-state index in [2.05, 4.69) is 4.98 Å². The molecule has 0 amide bonds. The number of rotatable bonds is 3. The van der Waals surface area contributed by atoms with E-state index < -0.39 is 9.84 Å². The molecule has 0 saturated carbocycles. The third kappa shape index (κ3) is 2.61. The minimum atomic E-state index is -2.92. The number of hydrogen-bond acceptors (Lipinski definition) is 5. The first-order valence-electron chi connectivity index (χ1n) is 5.38. The molecule has 2 rings (SSSR count). The maximum Gasteiger partial charge on any atom is 0.153 e. The second-order valence-electron chi connectivity index (χ2n) is 4.07. The number of aliphatic hydroxyl groups excluding tert-OH is 1. The first-order chi connectivity index (χ1) is 7.62. The zero-order valence-corrected chi connectivity index (χ0v) is 10.6. The molecule has 1 aromatic heterocycles. The topological polar surface area (TPSA) is 67.3 Å². The van der Waals surface area contributed by atoms with Crippen molar-refractivity contribution in [2.75, 3.05) is 5.75 Å². The van der Waals surface area contributed by atoms with Crippen LogP contribution in [-0.4, -0.2) is 29.5 Å². The summed E-state index contributed by atoms with van der Waals surface area (Å²) >= 11 is 1.40. The fourth-order valence-electron chi connectivity index (χ4n) is 1.96. The van der Waals surface area contributed by atoms with Gasteiger partial charge in [0, 0.05) is 12.6 Å². The molecule has 0 bridgehead atoms. The summed E-state index contributed by atoms with van der Waals surface area (Å²) < 4.78 is 23.6. The molecule has 0 aromatic carbocycles. The second-order valence-corrected chi connectivity index (χ2v) is 7.67. The quantitative estimate of drug-likeness (QED) is 0.886. The van der Waals surface area contributed by atoms with Crippen molar-refractivity contribution in [2.24, 2.45) is 0 Å². The summed E-state index contributed by atoms with van der Waals surface area (Å²) in [7, 11) is -2.92. The Bertz CT molecular complexity index is 452. The van der Waals surface area contributed by atoms with Crippen molar-refractivity contribution in [3.63, 3.8) is 0 Å². The number of thiazole rings is 1. The molecule has 0 radical (unpaired) electrons. The molecule has 1 N–H and O–H groups in total. The molecule has 6 heteroatoms. The van der Waals surface area contributed by atoms with Crippen molar-refractivity contribution < 1.29 is 13.5 Å². The van der Waals surface area contributed by atoms with Gasteiger partial charge in [0.05, 0.1) is 27.5 Å². The average molecular weight is 261 g/mol. The summed E-state index contributed by atoms with van der Waals surface area (Å²) in [6.07, 6.45) is 4.65. The summed E-state index contributed by atoms with van der Waals surface area (Å²) in [6.45, 7) is -0.0188. The van der Waals surface area contributed by atoms with E-state index in [0.717, 1.165) is 29.1 Å². The summed E-state index contributed by atoms with van der Waals surface area (Å²) in [5.41, 5.74) is 0. The van der Waals surface area contributed by atoms with Gasteiger partial charge in [-0.15, -0.1) is 11.3 Å². The molecule has 2 heterocycles. The molecule has 1 saturated heterocycles. The van der Waals surface area contributed by atoms with Crippen molar-refractivity contribution in [1.29, 1.82) is 0 Å². The minimum absolute atomic E-state index is 0.0188. The van der Waals surface area contributed by atoms with E-state index >= 15 is 0 Å². The van der Waals surface area contributed by atoms with Gasteiger partial charge in [0.1, 0.15) is 0 Å². The van der Waals surface area contributed by atoms with Crippen LogP contribution in [0.1, 0.15) is 29.1 Å². The smallest absolute Gasteiger partial charge is 0.153 e. The largest absolute Gasteiger partial charge is 0.391 e. The maximum absolute atomic E-state index is 11.8. The van der Waals surface area contributed by atoms with E-state index in [0.29, 0.717) is 12.2 Å². The van der Waals surface area contributed by atoms with Crippen LogP contribution < -0.4 is 0 Å². The number of sulfone groups is 1. The van der Waals surface area contributed by atoms with Crippen molar-refractivity contribution in [1.82, 2.24) is 4.98 Å². The molecule has 1 atom stereocenters. The van der Waals surface area contributed by atoms with Crippen LogP contribution in [0.25, 0.3) is 0 Å². The SMILES string of the molecule is O=S1(=O)CCCCC1Cc1ncc(CO)s1. The highest BCUT2D eigenvalue weighted by atomic mass is 32.2. The Balaban J connectivity index is 2.08. The molecule has 1 aliphatic rings. The Morgan fingerprint density at radius 2 is 2.31 bits per heavy atom. The van der Waals surface area contributed by atoms with Gasteiger partial charge in [0.15, 0.2) is 9.84 Å². The highest BCUT2D eigenvalue weighted by molar-refractivity contribution is 7.92. The van der Waals surface area contributed by atoms with Gasteiger partial charge in [-0.25, -0.2) is 13.4 Å². The minimum Gasteiger partial charge on any atom is -0.391 e. The van der Waals surface area contributed by atoms with Crippen LogP contribution in [0.3, 0.4) is 0 Å². The molecule has 16 heavy (non-hydrogen) atoms. The van der Waals surface area contributed by atoms with Gasteiger partial charge in [0.25, 0.3) is 0 Å². The van der Waals surface area contributed by atoms with E-state index in [9.17, 15) is 8.42 Å². The van der Waals surface area contributed by atoms with Crippen molar-refractivity contribution >= 4 is 21.2 Å². The van der Waals surface area contributed by atoms with Crippen LogP contribution in [0, 0.1) is 0 Å². The van der Waals surface area contributed by atoms with Crippen molar-refractivity contribution in [3.8, 4) is 0 Å². The number of aliphatic hydroxyl groups is 1. The highest BCUT2D eigenvalue weighted by Gasteiger charge is 2.29. The zero-order valence-electron chi connectivity index (χ0n) is 8.92. The third-order valence-electron chi connectivity index (χ3n) is 2.87. The van der Waals surface area contributed by atoms with Crippen LogP contribution in [0.15, 0.2) is 6.20 Å². The predicted molar refractivity (Wildman–Crippen MR) is 63.2 cm³/mol. The second kappa shape index (κ2) is 4.81. The standard InChI is InChI=1S/C10H15NO3S2/c12-7-8-6-11-10(15-8)5-9-3-1-2-4-16(9,13)14/h6,9,12H,1-5,7H2. The molecular weight excluding hydrogens is 246 g/mol. The summed E-state index contributed by atoms with van der Waals surface area (Å²) in [5, 5.41) is 9.47. The summed E-state index contributed by atoms with van der Waals surface area (Å²) in [5.74, 6) is 0.315. The van der Waals surface area contributed by atoms with Crippen molar-refractivity contribution in [2.45, 2.75) is 37.5 Å². The monoisotopic (exact) mass is 261 g/mol. The Kier molecular flexibility index (Phi) is 3.61. The average Bonchev–Trinajstić information content (AvgIpc) is 2.69. The van der Waals surface area contributed by atoms with Crippen LogP contribution in [0.5, 0.6) is 0 Å². The predicted octanol–water partition coefficient (Wildman–Crippen LogP) is 1.15. The highest BCUT2D eigenvalue weighted by Crippen LogP contribution is 2.24. The summed E-state index contributed by atoms with van der Waals surface area (Å²) in [4.78, 5) is 4.94. The van der Waals surface area contributed by atoms with Crippen LogP contribution >= 0.6 is 11.3 Å². The molecule has 1 fully saturated rings. The lowest BCUT2D eigenvalue weighted by Crippen LogP contribution is -2.30. The van der Waals surface area contributed by atoms with E-state index in [-0.39, 0.29) is 11.9 Å². The normalized spacial score (nSPS) is 24.4. The molecule has 4 nitrogen and oxygen atoms in total. The van der Waals surface area contributed by atoms with E-state index in [1.807, 2.05) is 0 Å². The molecule has 0 spiro atoms.